The van der Waals surface area contributed by atoms with Crippen LogP contribution in [0, 0.1) is 12.7 Å². The molecule has 1 aromatic carbocycles. The molecule has 0 bridgehead atoms. The Kier molecular flexibility index (Phi) is 3.94. The van der Waals surface area contributed by atoms with Crippen molar-refractivity contribution < 1.29 is 12.8 Å². The van der Waals surface area contributed by atoms with E-state index in [0.717, 1.165) is 6.07 Å². The number of hydrogen-bond donors (Lipinski definition) is 1. The third-order valence-electron chi connectivity index (χ3n) is 3.71. The number of piperazine rings is 1. The van der Waals surface area contributed by atoms with Crippen molar-refractivity contribution in [1.29, 1.82) is 0 Å². The molecule has 1 aromatic rings. The Morgan fingerprint density at radius 2 is 2.05 bits per heavy atom. The highest BCUT2D eigenvalue weighted by molar-refractivity contribution is 7.89. The van der Waals surface area contributed by atoms with Gasteiger partial charge in [-0.15, -0.1) is 0 Å². The highest BCUT2D eigenvalue weighted by atomic mass is 32.2. The molecule has 0 aliphatic carbocycles. The third kappa shape index (κ3) is 2.66. The summed E-state index contributed by atoms with van der Waals surface area (Å²) in [6, 6.07) is 3.81. The van der Waals surface area contributed by atoms with Crippen LogP contribution in [-0.2, 0) is 10.0 Å². The molecule has 6 heteroatoms. The summed E-state index contributed by atoms with van der Waals surface area (Å²) in [7, 11) is -3.64. The average molecular weight is 286 g/mol. The third-order valence-corrected chi connectivity index (χ3v) is 5.84. The van der Waals surface area contributed by atoms with Crippen LogP contribution in [0.1, 0.15) is 19.4 Å². The molecule has 1 N–H and O–H groups in total. The van der Waals surface area contributed by atoms with E-state index in [1.807, 2.05) is 13.8 Å². The maximum atomic E-state index is 13.3. The van der Waals surface area contributed by atoms with Gasteiger partial charge in [-0.25, -0.2) is 12.8 Å². The molecule has 1 aliphatic rings. The van der Waals surface area contributed by atoms with Crippen molar-refractivity contribution >= 4 is 10.0 Å². The normalized spacial score (nSPS) is 25.5. The van der Waals surface area contributed by atoms with E-state index in [2.05, 4.69) is 5.32 Å². The summed E-state index contributed by atoms with van der Waals surface area (Å²) in [6.07, 6.45) is 0. The number of aryl methyl sites for hydroxylation is 1. The second-order valence-electron chi connectivity index (χ2n) is 5.01. The lowest BCUT2D eigenvalue weighted by atomic mass is 10.1. The minimum Gasteiger partial charge on any atom is -0.311 e. The van der Waals surface area contributed by atoms with Crippen LogP contribution in [0.4, 0.5) is 4.39 Å². The summed E-state index contributed by atoms with van der Waals surface area (Å²) in [5.41, 5.74) is 0.569. The quantitative estimate of drug-likeness (QED) is 0.896. The molecule has 2 rings (SSSR count). The van der Waals surface area contributed by atoms with Crippen molar-refractivity contribution in [2.45, 2.75) is 37.8 Å². The topological polar surface area (TPSA) is 49.4 Å². The molecule has 1 saturated heterocycles. The fourth-order valence-electron chi connectivity index (χ4n) is 2.34. The number of sulfonamides is 1. The Morgan fingerprint density at radius 1 is 1.37 bits per heavy atom. The van der Waals surface area contributed by atoms with Crippen molar-refractivity contribution in [3.8, 4) is 0 Å². The Hall–Kier alpha value is -0.980. The Morgan fingerprint density at radius 3 is 2.74 bits per heavy atom. The lowest BCUT2D eigenvalue weighted by Crippen LogP contribution is -2.57. The maximum absolute atomic E-state index is 13.3. The largest absolute Gasteiger partial charge is 0.311 e. The van der Waals surface area contributed by atoms with Crippen molar-refractivity contribution in [2.75, 3.05) is 13.1 Å². The van der Waals surface area contributed by atoms with E-state index in [9.17, 15) is 12.8 Å². The number of nitrogens with one attached hydrogen (secondary N) is 1. The first kappa shape index (κ1) is 14.4. The molecule has 1 fully saturated rings. The van der Waals surface area contributed by atoms with Crippen LogP contribution in [0.3, 0.4) is 0 Å². The monoisotopic (exact) mass is 286 g/mol. The van der Waals surface area contributed by atoms with Crippen molar-refractivity contribution in [3.63, 3.8) is 0 Å². The fourth-order valence-corrected chi connectivity index (χ4v) is 4.28. The van der Waals surface area contributed by atoms with Crippen LogP contribution in [0.15, 0.2) is 23.1 Å². The molecular weight excluding hydrogens is 267 g/mol. The number of nitrogens with zero attached hydrogens (tertiary/aromatic N) is 1. The lowest BCUT2D eigenvalue weighted by Gasteiger charge is -2.37. The zero-order valence-corrected chi connectivity index (χ0v) is 12.2. The Balaban J connectivity index is 2.44. The summed E-state index contributed by atoms with van der Waals surface area (Å²) < 4.78 is 40.1. The zero-order valence-electron chi connectivity index (χ0n) is 11.4. The van der Waals surface area contributed by atoms with Gasteiger partial charge in [-0.05, 0) is 38.5 Å². The van der Waals surface area contributed by atoms with Gasteiger partial charge in [0.05, 0.1) is 4.90 Å². The molecule has 0 radical (unpaired) electrons. The summed E-state index contributed by atoms with van der Waals surface area (Å²) in [5, 5.41) is 3.23. The zero-order chi connectivity index (χ0) is 14.2. The molecule has 4 nitrogen and oxygen atoms in total. The van der Waals surface area contributed by atoms with Gasteiger partial charge in [0.15, 0.2) is 0 Å². The molecule has 1 heterocycles. The fraction of sp³-hybridized carbons (Fsp3) is 0.538. The molecule has 0 spiro atoms. The van der Waals surface area contributed by atoms with E-state index in [4.69, 9.17) is 0 Å². The van der Waals surface area contributed by atoms with Crippen molar-refractivity contribution in [2.24, 2.45) is 0 Å². The van der Waals surface area contributed by atoms with Crippen LogP contribution in [0.5, 0.6) is 0 Å². The SMILES string of the molecule is Cc1ccc(F)cc1S(=O)(=O)N1CCNC(C)C1C. The molecule has 2 unspecified atom stereocenters. The van der Waals surface area contributed by atoms with Gasteiger partial charge in [0, 0.05) is 25.2 Å². The molecule has 2 atom stereocenters. The average Bonchev–Trinajstić information content (AvgIpc) is 2.35. The number of benzene rings is 1. The minimum absolute atomic E-state index is 0.0634. The second-order valence-corrected chi connectivity index (χ2v) is 6.87. The summed E-state index contributed by atoms with van der Waals surface area (Å²) in [6.45, 7) is 6.51. The molecule has 19 heavy (non-hydrogen) atoms. The first-order valence-corrected chi connectivity index (χ1v) is 7.79. The van der Waals surface area contributed by atoms with Crippen LogP contribution >= 0.6 is 0 Å². The minimum atomic E-state index is -3.64. The van der Waals surface area contributed by atoms with Crippen LogP contribution in [0.2, 0.25) is 0 Å². The van der Waals surface area contributed by atoms with E-state index < -0.39 is 15.8 Å². The molecular formula is C13H19FN2O2S. The number of halogens is 1. The summed E-state index contributed by atoms with van der Waals surface area (Å²) >= 11 is 0. The maximum Gasteiger partial charge on any atom is 0.243 e. The van der Waals surface area contributed by atoms with Gasteiger partial charge in [0.2, 0.25) is 10.0 Å². The summed E-state index contributed by atoms with van der Waals surface area (Å²) in [4.78, 5) is 0.0634. The van der Waals surface area contributed by atoms with Crippen molar-refractivity contribution in [1.82, 2.24) is 9.62 Å². The highest BCUT2D eigenvalue weighted by Crippen LogP contribution is 2.24. The van der Waals surface area contributed by atoms with Crippen LogP contribution in [0.25, 0.3) is 0 Å². The molecule has 106 valence electrons. The Bertz CT molecular complexity index is 574. The highest BCUT2D eigenvalue weighted by Gasteiger charge is 2.35. The van der Waals surface area contributed by atoms with E-state index in [0.29, 0.717) is 18.7 Å². The number of rotatable bonds is 2. The molecule has 0 saturated carbocycles. The van der Waals surface area contributed by atoms with Gasteiger partial charge in [-0.1, -0.05) is 6.07 Å². The van der Waals surface area contributed by atoms with Crippen LogP contribution < -0.4 is 5.32 Å². The van der Waals surface area contributed by atoms with Gasteiger partial charge in [0.1, 0.15) is 5.82 Å². The van der Waals surface area contributed by atoms with Gasteiger partial charge in [-0.2, -0.15) is 4.31 Å². The van der Waals surface area contributed by atoms with Gasteiger partial charge < -0.3 is 5.32 Å². The molecule has 0 aromatic heterocycles. The first-order valence-electron chi connectivity index (χ1n) is 6.35. The molecule has 1 aliphatic heterocycles. The first-order chi connectivity index (χ1) is 8.84. The number of hydrogen-bond acceptors (Lipinski definition) is 3. The van der Waals surface area contributed by atoms with Crippen molar-refractivity contribution in [3.05, 3.63) is 29.6 Å². The standard InChI is InChI=1S/C13H19FN2O2S/c1-9-4-5-12(14)8-13(9)19(17,18)16-7-6-15-10(2)11(16)3/h4-5,8,10-11,15H,6-7H2,1-3H3. The van der Waals surface area contributed by atoms with Gasteiger partial charge in [-0.3, -0.25) is 0 Å². The predicted molar refractivity (Wildman–Crippen MR) is 72.0 cm³/mol. The lowest BCUT2D eigenvalue weighted by molar-refractivity contribution is 0.232. The van der Waals surface area contributed by atoms with Gasteiger partial charge in [0.25, 0.3) is 0 Å². The van der Waals surface area contributed by atoms with E-state index >= 15 is 0 Å². The second kappa shape index (κ2) is 5.19. The van der Waals surface area contributed by atoms with E-state index in [1.54, 1.807) is 6.92 Å². The molecule has 0 amide bonds. The Labute approximate surface area is 113 Å². The van der Waals surface area contributed by atoms with E-state index in [-0.39, 0.29) is 17.0 Å². The van der Waals surface area contributed by atoms with Crippen LogP contribution in [-0.4, -0.2) is 37.9 Å². The smallest absolute Gasteiger partial charge is 0.243 e. The predicted octanol–water partition coefficient (Wildman–Crippen LogP) is 1.51. The van der Waals surface area contributed by atoms with Gasteiger partial charge >= 0.3 is 0 Å². The van der Waals surface area contributed by atoms with E-state index in [1.165, 1.54) is 16.4 Å². The summed E-state index contributed by atoms with van der Waals surface area (Å²) in [5.74, 6) is -0.528.